The molecule has 1 amide bonds. The van der Waals surface area contributed by atoms with Crippen LogP contribution in [-0.4, -0.2) is 65.0 Å². The molecule has 0 spiro atoms. The Hall–Kier alpha value is -4.02. The van der Waals surface area contributed by atoms with Crippen LogP contribution < -0.4 is 16.0 Å². The third kappa shape index (κ3) is 4.44. The second kappa shape index (κ2) is 8.78. The lowest BCUT2D eigenvalue weighted by Crippen LogP contribution is -2.28. The van der Waals surface area contributed by atoms with Gasteiger partial charge in [-0.25, -0.2) is 15.0 Å². The summed E-state index contributed by atoms with van der Waals surface area (Å²) >= 11 is 0. The summed E-state index contributed by atoms with van der Waals surface area (Å²) in [6.07, 6.45) is 0.0527. The standard InChI is InChI=1S/C20H24N8O3/c1-27(2)18-14-19(26-16(25-18)20(30)23-10-9-13(29)31-4)28(3)17(24-14)12-7-5-11(6-8-12)15(21)22/h5-8H,9-10H2,1-4H3,(H3,21,22)(H,23,30). The number of nitrogen functional groups attached to an aromatic ring is 1. The quantitative estimate of drug-likeness (QED) is 0.284. The molecule has 0 bridgehead atoms. The molecule has 3 aromatic rings. The Balaban J connectivity index is 2.01. The second-order valence-electron chi connectivity index (χ2n) is 7.00. The van der Waals surface area contributed by atoms with E-state index in [0.717, 1.165) is 5.56 Å². The minimum Gasteiger partial charge on any atom is -0.469 e. The number of amidine groups is 1. The number of rotatable bonds is 7. The molecule has 3 rings (SSSR count). The van der Waals surface area contributed by atoms with Crippen molar-refractivity contribution >= 4 is 34.7 Å². The second-order valence-corrected chi connectivity index (χ2v) is 7.00. The third-order valence-corrected chi connectivity index (χ3v) is 4.62. The van der Waals surface area contributed by atoms with Gasteiger partial charge in [0.1, 0.15) is 11.7 Å². The van der Waals surface area contributed by atoms with Crippen molar-refractivity contribution in [1.82, 2.24) is 24.8 Å². The Labute approximate surface area is 178 Å². The zero-order valence-corrected chi connectivity index (χ0v) is 17.8. The third-order valence-electron chi connectivity index (χ3n) is 4.62. The zero-order chi connectivity index (χ0) is 22.7. The Morgan fingerprint density at radius 1 is 1.19 bits per heavy atom. The van der Waals surface area contributed by atoms with E-state index in [1.165, 1.54) is 7.11 Å². The average molecular weight is 424 g/mol. The van der Waals surface area contributed by atoms with Gasteiger partial charge in [-0.2, -0.15) is 0 Å². The number of carbonyl (C=O) groups excluding carboxylic acids is 2. The summed E-state index contributed by atoms with van der Waals surface area (Å²) in [5.74, 6) is 0.166. The number of esters is 1. The van der Waals surface area contributed by atoms with Gasteiger partial charge in [-0.1, -0.05) is 24.3 Å². The Bertz CT molecular complexity index is 1150. The van der Waals surface area contributed by atoms with Gasteiger partial charge in [0, 0.05) is 38.8 Å². The van der Waals surface area contributed by atoms with Crippen LogP contribution in [0.25, 0.3) is 22.6 Å². The fourth-order valence-electron chi connectivity index (χ4n) is 2.98. The molecule has 0 unspecified atom stereocenters. The highest BCUT2D eigenvalue weighted by molar-refractivity contribution is 5.96. The largest absolute Gasteiger partial charge is 0.469 e. The van der Waals surface area contributed by atoms with E-state index in [2.05, 4.69) is 20.0 Å². The number of carbonyl (C=O) groups is 2. The average Bonchev–Trinajstić information content (AvgIpc) is 3.09. The Kier molecular flexibility index (Phi) is 6.14. The predicted octanol–water partition coefficient (Wildman–Crippen LogP) is 0.673. The Morgan fingerprint density at radius 3 is 2.45 bits per heavy atom. The number of anilines is 1. The zero-order valence-electron chi connectivity index (χ0n) is 17.8. The normalized spacial score (nSPS) is 10.7. The van der Waals surface area contributed by atoms with Crippen LogP contribution in [0.5, 0.6) is 0 Å². The Morgan fingerprint density at radius 2 is 1.87 bits per heavy atom. The highest BCUT2D eigenvalue weighted by Crippen LogP contribution is 2.27. The first kappa shape index (κ1) is 21.7. The van der Waals surface area contributed by atoms with Crippen molar-refractivity contribution in [3.05, 3.63) is 35.7 Å². The number of ether oxygens (including phenoxy) is 1. The number of fused-ring (bicyclic) bond motifs is 1. The van der Waals surface area contributed by atoms with Gasteiger partial charge < -0.3 is 25.3 Å². The molecule has 0 atom stereocenters. The molecular formula is C20H24N8O3. The van der Waals surface area contributed by atoms with Crippen LogP contribution in [0, 0.1) is 5.41 Å². The molecule has 0 saturated carbocycles. The van der Waals surface area contributed by atoms with Crippen molar-refractivity contribution in [2.45, 2.75) is 6.42 Å². The first-order valence-electron chi connectivity index (χ1n) is 9.44. The molecule has 0 fully saturated rings. The molecule has 1 aromatic carbocycles. The summed E-state index contributed by atoms with van der Waals surface area (Å²) in [7, 11) is 6.70. The number of benzene rings is 1. The SMILES string of the molecule is COC(=O)CCNC(=O)c1nc(N(C)C)c2nc(-c3ccc(C(=N)N)cc3)n(C)c2n1. The number of nitrogens with zero attached hydrogens (tertiary/aromatic N) is 5. The molecule has 0 radical (unpaired) electrons. The smallest absolute Gasteiger partial charge is 0.307 e. The number of aryl methyl sites for hydroxylation is 1. The maximum Gasteiger partial charge on any atom is 0.307 e. The van der Waals surface area contributed by atoms with Crippen LogP contribution in [0.3, 0.4) is 0 Å². The molecule has 162 valence electrons. The molecule has 0 aliphatic carbocycles. The minimum absolute atomic E-state index is 0.0137. The minimum atomic E-state index is -0.498. The van der Waals surface area contributed by atoms with Crippen LogP contribution in [-0.2, 0) is 16.6 Å². The molecule has 2 heterocycles. The van der Waals surface area contributed by atoms with E-state index in [4.69, 9.17) is 16.1 Å². The number of imidazole rings is 1. The van der Waals surface area contributed by atoms with Crippen LogP contribution in [0.2, 0.25) is 0 Å². The molecular weight excluding hydrogens is 400 g/mol. The van der Waals surface area contributed by atoms with Crippen molar-refractivity contribution in [1.29, 1.82) is 5.41 Å². The number of hydrogen-bond donors (Lipinski definition) is 3. The molecule has 0 saturated heterocycles. The van der Waals surface area contributed by atoms with Gasteiger partial charge in [0.05, 0.1) is 13.5 Å². The predicted molar refractivity (Wildman–Crippen MR) is 116 cm³/mol. The van der Waals surface area contributed by atoms with Gasteiger partial charge in [-0.05, 0) is 0 Å². The summed E-state index contributed by atoms with van der Waals surface area (Å²) < 4.78 is 6.34. The van der Waals surface area contributed by atoms with Crippen LogP contribution in [0.15, 0.2) is 24.3 Å². The van der Waals surface area contributed by atoms with Gasteiger partial charge in [-0.3, -0.25) is 15.0 Å². The fraction of sp³-hybridized carbons (Fsp3) is 0.300. The fourth-order valence-corrected chi connectivity index (χ4v) is 2.98. The van der Waals surface area contributed by atoms with Gasteiger partial charge >= 0.3 is 5.97 Å². The number of nitrogens with two attached hydrogens (primary N) is 1. The number of hydrogen-bond acceptors (Lipinski definition) is 8. The number of methoxy groups -OCH3 is 1. The van der Waals surface area contributed by atoms with Crippen molar-refractivity contribution in [3.8, 4) is 11.4 Å². The molecule has 31 heavy (non-hydrogen) atoms. The van der Waals surface area contributed by atoms with E-state index < -0.39 is 11.9 Å². The first-order chi connectivity index (χ1) is 14.7. The summed E-state index contributed by atoms with van der Waals surface area (Å²) in [6.45, 7) is 0.114. The monoisotopic (exact) mass is 424 g/mol. The van der Waals surface area contributed by atoms with Gasteiger partial charge in [0.2, 0.25) is 5.82 Å². The van der Waals surface area contributed by atoms with Crippen molar-refractivity contribution in [3.63, 3.8) is 0 Å². The topological polar surface area (TPSA) is 152 Å². The molecule has 0 aliphatic rings. The lowest BCUT2D eigenvalue weighted by Gasteiger charge is -2.13. The first-order valence-corrected chi connectivity index (χ1v) is 9.44. The number of amides is 1. The summed E-state index contributed by atoms with van der Waals surface area (Å²) in [6, 6.07) is 7.13. The molecule has 11 nitrogen and oxygen atoms in total. The van der Waals surface area contributed by atoms with Crippen LogP contribution >= 0.6 is 0 Å². The highest BCUT2D eigenvalue weighted by atomic mass is 16.5. The van der Waals surface area contributed by atoms with Gasteiger partial charge in [-0.15, -0.1) is 0 Å². The summed E-state index contributed by atoms with van der Waals surface area (Å²) in [5.41, 5.74) is 7.98. The molecule has 4 N–H and O–H groups in total. The summed E-state index contributed by atoms with van der Waals surface area (Å²) in [4.78, 5) is 39.0. The van der Waals surface area contributed by atoms with Gasteiger partial charge in [0.15, 0.2) is 17.0 Å². The summed E-state index contributed by atoms with van der Waals surface area (Å²) in [5, 5.41) is 10.2. The van der Waals surface area contributed by atoms with E-state index >= 15 is 0 Å². The lowest BCUT2D eigenvalue weighted by atomic mass is 10.1. The van der Waals surface area contributed by atoms with E-state index in [-0.39, 0.29) is 24.6 Å². The maximum absolute atomic E-state index is 12.6. The van der Waals surface area contributed by atoms with Crippen LogP contribution in [0.1, 0.15) is 22.6 Å². The van der Waals surface area contributed by atoms with E-state index in [0.29, 0.717) is 28.4 Å². The maximum atomic E-state index is 12.6. The van der Waals surface area contributed by atoms with Crippen molar-refractivity contribution < 1.29 is 14.3 Å². The number of nitrogens with one attached hydrogen (secondary N) is 2. The van der Waals surface area contributed by atoms with Gasteiger partial charge in [0.25, 0.3) is 5.91 Å². The highest BCUT2D eigenvalue weighted by Gasteiger charge is 2.21. The lowest BCUT2D eigenvalue weighted by molar-refractivity contribution is -0.140. The molecule has 0 aliphatic heterocycles. The van der Waals surface area contributed by atoms with Crippen LogP contribution in [0.4, 0.5) is 5.82 Å². The molecule has 11 heteroatoms. The molecule has 2 aromatic heterocycles. The number of aromatic nitrogens is 4. The van der Waals surface area contributed by atoms with E-state index in [1.807, 2.05) is 12.1 Å². The van der Waals surface area contributed by atoms with Crippen molar-refractivity contribution in [2.24, 2.45) is 12.8 Å². The van der Waals surface area contributed by atoms with Crippen molar-refractivity contribution in [2.75, 3.05) is 32.6 Å². The van der Waals surface area contributed by atoms with E-state index in [9.17, 15) is 9.59 Å². The van der Waals surface area contributed by atoms with E-state index in [1.54, 1.807) is 42.7 Å².